The van der Waals surface area contributed by atoms with Gasteiger partial charge in [0.05, 0.1) is 0 Å². The minimum absolute atomic E-state index is 0.226. The summed E-state index contributed by atoms with van der Waals surface area (Å²) in [5, 5.41) is 0. The molecule has 1 rings (SSSR count). The summed E-state index contributed by atoms with van der Waals surface area (Å²) in [7, 11) is 0. The van der Waals surface area contributed by atoms with E-state index in [1.165, 1.54) is 0 Å². The third-order valence-corrected chi connectivity index (χ3v) is 3.13. The summed E-state index contributed by atoms with van der Waals surface area (Å²) < 4.78 is 0. The van der Waals surface area contributed by atoms with E-state index in [9.17, 15) is 4.79 Å². The predicted molar refractivity (Wildman–Crippen MR) is 81.5 cm³/mol. The molecule has 19 heavy (non-hydrogen) atoms. The quantitative estimate of drug-likeness (QED) is 0.384. The smallest absolute Gasteiger partial charge is 0.162 e. The van der Waals surface area contributed by atoms with Crippen LogP contribution in [-0.2, 0) is 6.42 Å². The molecule has 1 heteroatoms. The molecule has 0 unspecified atom stereocenters. The zero-order valence-electron chi connectivity index (χ0n) is 11.9. The van der Waals surface area contributed by atoms with Crippen LogP contribution in [-0.4, -0.2) is 5.78 Å². The van der Waals surface area contributed by atoms with Gasteiger partial charge >= 0.3 is 0 Å². The number of rotatable bonds is 7. The zero-order valence-corrected chi connectivity index (χ0v) is 11.9. The van der Waals surface area contributed by atoms with Gasteiger partial charge in [-0.1, -0.05) is 49.9 Å². The van der Waals surface area contributed by atoms with Crippen molar-refractivity contribution in [2.45, 2.75) is 39.5 Å². The van der Waals surface area contributed by atoms with Crippen LogP contribution in [0, 0.1) is 0 Å². The molecule has 1 nitrogen and oxygen atoms in total. The van der Waals surface area contributed by atoms with Crippen LogP contribution in [0.5, 0.6) is 0 Å². The van der Waals surface area contributed by atoms with Crippen LogP contribution in [0.1, 0.15) is 49.0 Å². The van der Waals surface area contributed by atoms with Crippen molar-refractivity contribution in [3.05, 3.63) is 65.4 Å². The largest absolute Gasteiger partial charge is 0.294 e. The second-order valence-corrected chi connectivity index (χ2v) is 4.49. The van der Waals surface area contributed by atoms with Crippen molar-refractivity contribution in [3.8, 4) is 0 Å². The van der Waals surface area contributed by atoms with E-state index in [1.54, 1.807) is 0 Å². The Hall–Kier alpha value is -1.85. The van der Waals surface area contributed by atoms with Crippen molar-refractivity contribution in [3.63, 3.8) is 0 Å². The van der Waals surface area contributed by atoms with Gasteiger partial charge in [-0.15, -0.1) is 5.73 Å². The standard InChI is InChI=1S/C18H22O/c1-4-10-15(5-2)11-9-13-16-12-7-8-14-17(16)18(19)6-3/h4,7-8,10,12,14H,2,6,9,11,13H2,1,3H3/b10-4-. The first-order valence-electron chi connectivity index (χ1n) is 6.85. The molecule has 1 aromatic carbocycles. The van der Waals surface area contributed by atoms with Gasteiger partial charge in [-0.3, -0.25) is 4.79 Å². The number of Topliss-reactive ketones (excluding diaryl/α,β-unsaturated/α-hetero) is 1. The molecule has 0 saturated carbocycles. The number of hydrogen-bond donors (Lipinski definition) is 0. The SMILES string of the molecule is C=C=C(/C=C\C)CCCc1ccccc1C(=O)CC. The molecule has 0 bridgehead atoms. The van der Waals surface area contributed by atoms with Gasteiger partial charge in [0.1, 0.15) is 0 Å². The van der Waals surface area contributed by atoms with Crippen LogP contribution in [0.2, 0.25) is 0 Å². The fraction of sp³-hybridized carbons (Fsp3) is 0.333. The number of hydrogen-bond acceptors (Lipinski definition) is 1. The number of allylic oxidation sites excluding steroid dienone is 3. The summed E-state index contributed by atoms with van der Waals surface area (Å²) in [4.78, 5) is 11.9. The van der Waals surface area contributed by atoms with Gasteiger partial charge in [0.15, 0.2) is 5.78 Å². The van der Waals surface area contributed by atoms with Crippen LogP contribution in [0.4, 0.5) is 0 Å². The maximum absolute atomic E-state index is 11.9. The Kier molecular flexibility index (Phi) is 6.63. The van der Waals surface area contributed by atoms with Gasteiger partial charge in [-0.2, -0.15) is 0 Å². The minimum Gasteiger partial charge on any atom is -0.294 e. The average Bonchev–Trinajstić information content (AvgIpc) is 2.46. The third kappa shape index (κ3) is 4.73. The molecule has 0 aliphatic heterocycles. The van der Waals surface area contributed by atoms with Crippen molar-refractivity contribution in [2.24, 2.45) is 0 Å². The summed E-state index contributed by atoms with van der Waals surface area (Å²) in [5.41, 5.74) is 6.10. The van der Waals surface area contributed by atoms with E-state index >= 15 is 0 Å². The Morgan fingerprint density at radius 3 is 2.74 bits per heavy atom. The van der Waals surface area contributed by atoms with E-state index < -0.39 is 0 Å². The van der Waals surface area contributed by atoms with E-state index in [1.807, 2.05) is 44.2 Å². The Bertz CT molecular complexity index is 502. The maximum atomic E-state index is 11.9. The second kappa shape index (κ2) is 8.29. The maximum Gasteiger partial charge on any atom is 0.162 e. The first-order valence-corrected chi connectivity index (χ1v) is 6.85. The Morgan fingerprint density at radius 2 is 2.11 bits per heavy atom. The lowest BCUT2D eigenvalue weighted by Gasteiger charge is -2.07. The van der Waals surface area contributed by atoms with Crippen molar-refractivity contribution < 1.29 is 4.79 Å². The highest BCUT2D eigenvalue weighted by molar-refractivity contribution is 5.97. The monoisotopic (exact) mass is 254 g/mol. The van der Waals surface area contributed by atoms with Gasteiger partial charge in [0, 0.05) is 12.0 Å². The summed E-state index contributed by atoms with van der Waals surface area (Å²) >= 11 is 0. The number of carbonyl (C=O) groups is 1. The highest BCUT2D eigenvalue weighted by Crippen LogP contribution is 2.16. The van der Waals surface area contributed by atoms with Crippen molar-refractivity contribution >= 4 is 5.78 Å². The molecular formula is C18H22O. The molecule has 0 N–H and O–H groups in total. The number of ketones is 1. The van der Waals surface area contributed by atoms with Crippen molar-refractivity contribution in [2.75, 3.05) is 0 Å². The topological polar surface area (TPSA) is 17.1 Å². The fourth-order valence-electron chi connectivity index (χ4n) is 2.10. The molecule has 0 atom stereocenters. The van der Waals surface area contributed by atoms with Crippen LogP contribution < -0.4 is 0 Å². The van der Waals surface area contributed by atoms with Crippen molar-refractivity contribution in [1.29, 1.82) is 0 Å². The van der Waals surface area contributed by atoms with Gasteiger partial charge in [-0.25, -0.2) is 0 Å². The first kappa shape index (κ1) is 15.2. The molecule has 0 fully saturated rings. The fourth-order valence-corrected chi connectivity index (χ4v) is 2.10. The molecule has 100 valence electrons. The van der Waals surface area contributed by atoms with Gasteiger partial charge < -0.3 is 0 Å². The summed E-state index contributed by atoms with van der Waals surface area (Å²) in [6.45, 7) is 7.60. The van der Waals surface area contributed by atoms with E-state index in [0.717, 1.165) is 36.0 Å². The van der Waals surface area contributed by atoms with Crippen LogP contribution in [0.3, 0.4) is 0 Å². The lowest BCUT2D eigenvalue weighted by molar-refractivity contribution is 0.0987. The molecule has 0 spiro atoms. The Morgan fingerprint density at radius 1 is 1.37 bits per heavy atom. The molecular weight excluding hydrogens is 232 g/mol. The van der Waals surface area contributed by atoms with Gasteiger partial charge in [0.25, 0.3) is 0 Å². The summed E-state index contributed by atoms with van der Waals surface area (Å²) in [6.07, 6.45) is 7.48. The van der Waals surface area contributed by atoms with E-state index in [4.69, 9.17) is 0 Å². The number of carbonyl (C=O) groups excluding carboxylic acids is 1. The Labute approximate surface area is 116 Å². The molecule has 0 aliphatic rings. The van der Waals surface area contributed by atoms with Gasteiger partial charge in [-0.05, 0) is 37.3 Å². The molecule has 0 aliphatic carbocycles. The number of aryl methyl sites for hydroxylation is 1. The second-order valence-electron chi connectivity index (χ2n) is 4.49. The normalized spacial score (nSPS) is 10.4. The predicted octanol–water partition coefficient (Wildman–Crippen LogP) is 4.89. The third-order valence-electron chi connectivity index (χ3n) is 3.13. The zero-order chi connectivity index (χ0) is 14.1. The molecule has 0 heterocycles. The van der Waals surface area contributed by atoms with Crippen LogP contribution in [0.25, 0.3) is 0 Å². The molecule has 0 saturated heterocycles. The highest BCUT2D eigenvalue weighted by atomic mass is 16.1. The summed E-state index contributed by atoms with van der Waals surface area (Å²) in [6, 6.07) is 7.91. The molecule has 0 aromatic heterocycles. The number of benzene rings is 1. The lowest BCUT2D eigenvalue weighted by Crippen LogP contribution is -2.02. The van der Waals surface area contributed by atoms with Gasteiger partial charge in [0.2, 0.25) is 0 Å². The van der Waals surface area contributed by atoms with E-state index in [0.29, 0.717) is 6.42 Å². The Balaban J connectivity index is 2.68. The van der Waals surface area contributed by atoms with Crippen LogP contribution in [0.15, 0.2) is 54.3 Å². The molecule has 0 amide bonds. The lowest BCUT2D eigenvalue weighted by atomic mass is 9.97. The van der Waals surface area contributed by atoms with E-state index in [-0.39, 0.29) is 5.78 Å². The minimum atomic E-state index is 0.226. The first-order chi connectivity index (χ1) is 9.22. The average molecular weight is 254 g/mol. The van der Waals surface area contributed by atoms with E-state index in [2.05, 4.69) is 18.4 Å². The molecule has 1 aromatic rings. The molecule has 0 radical (unpaired) electrons. The summed E-state index contributed by atoms with van der Waals surface area (Å²) in [5.74, 6) is 0.226. The van der Waals surface area contributed by atoms with Crippen molar-refractivity contribution in [1.82, 2.24) is 0 Å². The highest BCUT2D eigenvalue weighted by Gasteiger charge is 2.08. The van der Waals surface area contributed by atoms with Crippen LogP contribution >= 0.6 is 0 Å².